The summed E-state index contributed by atoms with van der Waals surface area (Å²) in [6, 6.07) is 6.98. The second-order valence-electron chi connectivity index (χ2n) is 15.3. The van der Waals surface area contributed by atoms with Gasteiger partial charge in [-0.1, -0.05) is 13.0 Å². The predicted molar refractivity (Wildman–Crippen MR) is 186 cm³/mol. The van der Waals surface area contributed by atoms with Gasteiger partial charge < -0.3 is 24.4 Å². The van der Waals surface area contributed by atoms with Crippen LogP contribution in [-0.2, 0) is 42.6 Å². The fourth-order valence-electron chi connectivity index (χ4n) is 9.14. The third-order valence-corrected chi connectivity index (χ3v) is 11.8. The quantitative estimate of drug-likeness (QED) is 0.273. The number of aryl methyl sites for hydroxylation is 2. The first-order chi connectivity index (χ1) is 24.2. The van der Waals surface area contributed by atoms with Crippen molar-refractivity contribution in [2.75, 3.05) is 55.8 Å². The number of nitrogens with zero attached hydrogens (tertiary/aromatic N) is 7. The third-order valence-electron chi connectivity index (χ3n) is 11.8. The van der Waals surface area contributed by atoms with Gasteiger partial charge in [0.2, 0.25) is 0 Å². The summed E-state index contributed by atoms with van der Waals surface area (Å²) in [5.74, 6) is 0.779. The van der Waals surface area contributed by atoms with Crippen molar-refractivity contribution in [3.63, 3.8) is 0 Å². The topological polar surface area (TPSA) is 92.0 Å². The third kappa shape index (κ3) is 5.28. The summed E-state index contributed by atoms with van der Waals surface area (Å²) in [4.78, 5) is 17.0. The number of phenols is 1. The lowest BCUT2D eigenvalue weighted by Gasteiger charge is -2.38. The predicted octanol–water partition coefficient (Wildman–Crippen LogP) is 5.45. The Morgan fingerprint density at radius 3 is 2.74 bits per heavy atom. The minimum atomic E-state index is -0.844. The molecule has 1 N–H and O–H groups in total. The molecular formula is C38H45F2N7O3. The molecule has 2 atom stereocenters. The van der Waals surface area contributed by atoms with Crippen LogP contribution in [-0.4, -0.2) is 87.5 Å². The molecule has 0 spiro atoms. The van der Waals surface area contributed by atoms with E-state index >= 15 is 4.39 Å². The number of benzene rings is 2. The van der Waals surface area contributed by atoms with Crippen LogP contribution in [0.2, 0.25) is 0 Å². The summed E-state index contributed by atoms with van der Waals surface area (Å²) in [6.45, 7) is 9.79. The van der Waals surface area contributed by atoms with Crippen LogP contribution >= 0.6 is 0 Å². The van der Waals surface area contributed by atoms with E-state index in [1.54, 1.807) is 18.2 Å². The molecule has 3 saturated heterocycles. The van der Waals surface area contributed by atoms with E-state index in [0.29, 0.717) is 76.8 Å². The number of phenolic OH excluding ortho intramolecular Hbond substituents is 1. The molecule has 4 aromatic rings. The van der Waals surface area contributed by atoms with Crippen LogP contribution in [0.25, 0.3) is 10.8 Å². The maximum Gasteiger partial charge on any atom is 0.318 e. The molecule has 10 nitrogen and oxygen atoms in total. The van der Waals surface area contributed by atoms with Crippen molar-refractivity contribution in [3.8, 4) is 11.8 Å². The molecule has 5 aliphatic heterocycles. The zero-order chi connectivity index (χ0) is 34.2. The first kappa shape index (κ1) is 31.9. The lowest BCUT2D eigenvalue weighted by atomic mass is 9.95. The van der Waals surface area contributed by atoms with E-state index in [1.165, 1.54) is 11.6 Å². The van der Waals surface area contributed by atoms with Gasteiger partial charge in [-0.3, -0.25) is 9.58 Å². The van der Waals surface area contributed by atoms with Gasteiger partial charge in [0.15, 0.2) is 0 Å². The maximum atomic E-state index is 15.1. The SMILES string of the molecule is CCc1c(F)ccc2cc(O)cc(N3CCc4c(nc(OC[C@@]56CCCN5C[C@H](F)C6)nc4N4CCCc5nn(C6(C)COC6)cc5C4)C3)c12. The molecule has 12 heteroatoms. The van der Waals surface area contributed by atoms with Crippen molar-refractivity contribution >= 4 is 22.3 Å². The molecule has 7 heterocycles. The van der Waals surface area contributed by atoms with Crippen molar-refractivity contribution in [2.24, 2.45) is 0 Å². The highest BCUT2D eigenvalue weighted by molar-refractivity contribution is 5.98. The first-order valence-electron chi connectivity index (χ1n) is 18.2. The van der Waals surface area contributed by atoms with E-state index in [0.717, 1.165) is 78.0 Å². The van der Waals surface area contributed by atoms with E-state index in [9.17, 15) is 9.50 Å². The van der Waals surface area contributed by atoms with E-state index in [4.69, 9.17) is 24.5 Å². The van der Waals surface area contributed by atoms with Crippen LogP contribution < -0.4 is 14.5 Å². The zero-order valence-electron chi connectivity index (χ0n) is 28.9. The fourth-order valence-corrected chi connectivity index (χ4v) is 9.14. The fraction of sp³-hybridized carbons (Fsp3) is 0.553. The lowest BCUT2D eigenvalue weighted by molar-refractivity contribution is -0.0959. The molecule has 0 aliphatic carbocycles. The van der Waals surface area contributed by atoms with Crippen molar-refractivity contribution < 1.29 is 23.4 Å². The molecule has 3 fully saturated rings. The first-order valence-corrected chi connectivity index (χ1v) is 18.2. The summed E-state index contributed by atoms with van der Waals surface area (Å²) in [7, 11) is 0. The Hall–Kier alpha value is -4.03. The summed E-state index contributed by atoms with van der Waals surface area (Å²) < 4.78 is 43.9. The smallest absolute Gasteiger partial charge is 0.318 e. The number of hydrogen-bond donors (Lipinski definition) is 1. The number of aromatic hydroxyl groups is 1. The van der Waals surface area contributed by atoms with Crippen molar-refractivity contribution in [2.45, 2.75) is 89.1 Å². The van der Waals surface area contributed by atoms with Crippen LogP contribution in [0.4, 0.5) is 20.3 Å². The van der Waals surface area contributed by atoms with Crippen LogP contribution in [0.5, 0.6) is 11.8 Å². The summed E-state index contributed by atoms with van der Waals surface area (Å²) in [6.07, 6.45) is 6.80. The Balaban J connectivity index is 1.09. The molecule has 2 aromatic heterocycles. The van der Waals surface area contributed by atoms with E-state index in [1.807, 2.05) is 6.92 Å². The molecule has 2 aromatic carbocycles. The second-order valence-corrected chi connectivity index (χ2v) is 15.3. The van der Waals surface area contributed by atoms with Gasteiger partial charge in [-0.05, 0) is 75.1 Å². The highest BCUT2D eigenvalue weighted by atomic mass is 19.1. The van der Waals surface area contributed by atoms with E-state index in [-0.39, 0.29) is 22.6 Å². The van der Waals surface area contributed by atoms with Crippen LogP contribution in [0, 0.1) is 5.82 Å². The minimum Gasteiger partial charge on any atom is -0.508 e. The summed E-state index contributed by atoms with van der Waals surface area (Å²) in [5.41, 5.74) is 5.27. The normalized spacial score (nSPS) is 24.5. The molecule has 0 radical (unpaired) electrons. The van der Waals surface area contributed by atoms with Gasteiger partial charge in [-0.2, -0.15) is 15.1 Å². The van der Waals surface area contributed by atoms with Gasteiger partial charge in [0.25, 0.3) is 0 Å². The maximum absolute atomic E-state index is 15.1. The van der Waals surface area contributed by atoms with Crippen LogP contribution in [0.1, 0.15) is 67.6 Å². The molecule has 0 unspecified atom stereocenters. The Labute approximate surface area is 291 Å². The van der Waals surface area contributed by atoms with Gasteiger partial charge in [0.1, 0.15) is 35.7 Å². The zero-order valence-corrected chi connectivity index (χ0v) is 28.9. The number of anilines is 2. The number of ether oxygens (including phenoxy) is 2. The number of aromatic nitrogens is 4. The van der Waals surface area contributed by atoms with Crippen molar-refractivity contribution in [1.29, 1.82) is 0 Å². The van der Waals surface area contributed by atoms with Gasteiger partial charge in [0.05, 0.1) is 36.7 Å². The Kier molecular flexibility index (Phi) is 7.69. The molecule has 9 rings (SSSR count). The monoisotopic (exact) mass is 685 g/mol. The molecule has 5 aliphatic rings. The Morgan fingerprint density at radius 2 is 1.92 bits per heavy atom. The Morgan fingerprint density at radius 1 is 1.04 bits per heavy atom. The highest BCUT2D eigenvalue weighted by Crippen LogP contribution is 2.42. The highest BCUT2D eigenvalue weighted by Gasteiger charge is 2.49. The van der Waals surface area contributed by atoms with Crippen molar-refractivity contribution in [3.05, 3.63) is 64.4 Å². The van der Waals surface area contributed by atoms with Gasteiger partial charge in [0, 0.05) is 67.1 Å². The van der Waals surface area contributed by atoms with Gasteiger partial charge >= 0.3 is 6.01 Å². The number of alkyl halides is 1. The van der Waals surface area contributed by atoms with E-state index < -0.39 is 6.17 Å². The van der Waals surface area contributed by atoms with Gasteiger partial charge in [-0.25, -0.2) is 8.78 Å². The number of fused-ring (bicyclic) bond motifs is 4. The molecule has 0 saturated carbocycles. The standard InChI is InChI=1S/C38H45F2N7O3/c1-3-28-30(40)8-7-24-14-27(48)15-33(34(24)28)44-13-9-29-32(20-44)41-36(50-23-38-10-5-12-46(38)19-26(39)16-38)42-35(29)45-11-4-6-31-25(17-45)18-47(43-31)37(2)21-49-22-37/h7-8,14-15,18,26,48H,3-6,9-13,16-17,19-23H2,1-2H3/t26-,38+/m1/s1. The molecule has 264 valence electrons. The second kappa shape index (κ2) is 12.0. The molecular weight excluding hydrogens is 640 g/mol. The molecule has 50 heavy (non-hydrogen) atoms. The largest absolute Gasteiger partial charge is 0.508 e. The van der Waals surface area contributed by atoms with Gasteiger partial charge in [-0.15, -0.1) is 0 Å². The van der Waals surface area contributed by atoms with Crippen LogP contribution in [0.3, 0.4) is 0 Å². The number of halogens is 2. The summed E-state index contributed by atoms with van der Waals surface area (Å²) >= 11 is 0. The number of rotatable bonds is 7. The minimum absolute atomic E-state index is 0.113. The van der Waals surface area contributed by atoms with Crippen molar-refractivity contribution in [1.82, 2.24) is 24.6 Å². The summed E-state index contributed by atoms with van der Waals surface area (Å²) in [5, 5.41) is 17.4. The van der Waals surface area contributed by atoms with Crippen LogP contribution in [0.15, 0.2) is 30.5 Å². The average Bonchev–Trinajstić information content (AvgIpc) is 3.72. The number of hydrogen-bond acceptors (Lipinski definition) is 9. The van der Waals surface area contributed by atoms with E-state index in [2.05, 4.69) is 32.5 Å². The Bertz CT molecular complexity index is 1960. The molecule has 0 amide bonds. The lowest BCUT2D eigenvalue weighted by Crippen LogP contribution is -2.49. The molecule has 0 bridgehead atoms. The average molecular weight is 686 g/mol.